The van der Waals surface area contributed by atoms with Crippen molar-refractivity contribution in [1.82, 2.24) is 10.2 Å². The third-order valence-corrected chi connectivity index (χ3v) is 5.57. The second-order valence-corrected chi connectivity index (χ2v) is 7.60. The molecule has 0 unspecified atom stereocenters. The van der Waals surface area contributed by atoms with E-state index in [0.29, 0.717) is 13.0 Å². The van der Waals surface area contributed by atoms with Crippen molar-refractivity contribution in [3.63, 3.8) is 0 Å². The lowest BCUT2D eigenvalue weighted by molar-refractivity contribution is -0.122. The van der Waals surface area contributed by atoms with Gasteiger partial charge in [-0.25, -0.2) is 0 Å². The molecule has 1 saturated carbocycles. The highest BCUT2D eigenvalue weighted by molar-refractivity contribution is 9.10. The number of β-amino-alcohol motifs (C(OH)–C–C–N with tert-alkyl or cyclic N) is 1. The van der Waals surface area contributed by atoms with Crippen LogP contribution < -0.4 is 5.32 Å². The molecular weight excluding hydrogens is 344 g/mol. The van der Waals surface area contributed by atoms with Gasteiger partial charge in [0.05, 0.1) is 6.10 Å². The molecule has 2 aliphatic rings. The van der Waals surface area contributed by atoms with Crippen molar-refractivity contribution < 1.29 is 9.90 Å². The van der Waals surface area contributed by atoms with Crippen molar-refractivity contribution in [2.45, 2.75) is 30.8 Å². The number of hydrogen-bond acceptors (Lipinski definition) is 3. The van der Waals surface area contributed by atoms with Gasteiger partial charge in [0.2, 0.25) is 5.91 Å². The van der Waals surface area contributed by atoms with Gasteiger partial charge in [-0.2, -0.15) is 0 Å². The van der Waals surface area contributed by atoms with E-state index in [2.05, 4.69) is 50.4 Å². The van der Waals surface area contributed by atoms with Crippen LogP contribution in [0.2, 0.25) is 0 Å². The van der Waals surface area contributed by atoms with Crippen LogP contribution in [0.3, 0.4) is 0 Å². The van der Waals surface area contributed by atoms with Gasteiger partial charge in [0.1, 0.15) is 0 Å². The molecule has 2 atom stereocenters. The summed E-state index contributed by atoms with van der Waals surface area (Å²) in [6, 6.07) is 8.60. The smallest absolute Gasteiger partial charge is 0.220 e. The van der Waals surface area contributed by atoms with Crippen molar-refractivity contribution in [1.29, 1.82) is 0 Å². The molecule has 1 aliphatic carbocycles. The maximum absolute atomic E-state index is 11.5. The lowest BCUT2D eigenvalue weighted by Gasteiger charge is -2.23. The minimum Gasteiger partial charge on any atom is -0.391 e. The molecule has 2 N–H and O–H groups in total. The van der Waals surface area contributed by atoms with Gasteiger partial charge in [-0.3, -0.25) is 9.69 Å². The second kappa shape index (κ2) is 6.30. The van der Waals surface area contributed by atoms with Crippen LogP contribution in [0, 0.1) is 5.92 Å². The highest BCUT2D eigenvalue weighted by atomic mass is 79.9. The summed E-state index contributed by atoms with van der Waals surface area (Å²) in [5, 5.41) is 12.8. The van der Waals surface area contributed by atoms with E-state index in [0.717, 1.165) is 17.6 Å². The van der Waals surface area contributed by atoms with Crippen LogP contribution in [0.1, 0.15) is 24.8 Å². The molecule has 3 rings (SSSR count). The Morgan fingerprint density at radius 1 is 1.36 bits per heavy atom. The van der Waals surface area contributed by atoms with Gasteiger partial charge in [-0.05, 0) is 30.5 Å². The average Bonchev–Trinajstić information content (AvgIpc) is 3.19. The molecule has 22 heavy (non-hydrogen) atoms. The van der Waals surface area contributed by atoms with E-state index in [1.165, 1.54) is 18.4 Å². The summed E-state index contributed by atoms with van der Waals surface area (Å²) in [6.07, 6.45) is 2.44. The zero-order valence-electron chi connectivity index (χ0n) is 12.9. The summed E-state index contributed by atoms with van der Waals surface area (Å²) in [6.45, 7) is 2.47. The molecule has 1 amide bonds. The minimum atomic E-state index is -0.391. The lowest BCUT2D eigenvalue weighted by Crippen LogP contribution is -2.31. The fraction of sp³-hybridized carbons (Fsp3) is 0.588. The number of halogens is 1. The molecule has 5 heteroatoms. The van der Waals surface area contributed by atoms with E-state index in [1.54, 1.807) is 7.05 Å². The highest BCUT2D eigenvalue weighted by Crippen LogP contribution is 2.49. The quantitative estimate of drug-likeness (QED) is 0.836. The van der Waals surface area contributed by atoms with Crippen molar-refractivity contribution in [2.75, 3.05) is 26.7 Å². The van der Waals surface area contributed by atoms with Crippen LogP contribution in [0.5, 0.6) is 0 Å². The van der Waals surface area contributed by atoms with Gasteiger partial charge in [0.15, 0.2) is 0 Å². The number of amides is 1. The first kappa shape index (κ1) is 16.0. The molecule has 0 aromatic heterocycles. The first-order chi connectivity index (χ1) is 10.5. The maximum Gasteiger partial charge on any atom is 0.220 e. The SMILES string of the molecule is CNC(=O)C[C@@H]1CN(CC2(c3ccc(Br)cc3)CC2)C[C@H]1O. The normalized spacial score (nSPS) is 26.9. The van der Waals surface area contributed by atoms with Gasteiger partial charge in [-0.15, -0.1) is 0 Å². The molecule has 1 saturated heterocycles. The predicted octanol–water partition coefficient (Wildman–Crippen LogP) is 1.91. The number of nitrogens with zero attached hydrogens (tertiary/aromatic N) is 1. The molecule has 0 spiro atoms. The average molecular weight is 367 g/mol. The number of hydrogen-bond donors (Lipinski definition) is 2. The van der Waals surface area contributed by atoms with Crippen molar-refractivity contribution in [3.8, 4) is 0 Å². The number of aliphatic hydroxyl groups excluding tert-OH is 1. The first-order valence-corrected chi connectivity index (χ1v) is 8.69. The Hall–Kier alpha value is -0.910. The van der Waals surface area contributed by atoms with Crippen LogP contribution in [0.25, 0.3) is 0 Å². The van der Waals surface area contributed by atoms with Crippen molar-refractivity contribution in [2.24, 2.45) is 5.92 Å². The summed E-state index contributed by atoms with van der Waals surface area (Å²) in [4.78, 5) is 13.9. The molecule has 1 aromatic rings. The van der Waals surface area contributed by atoms with Crippen LogP contribution in [-0.2, 0) is 10.2 Å². The molecule has 1 aliphatic heterocycles. The molecule has 2 fully saturated rings. The Morgan fingerprint density at radius 3 is 2.64 bits per heavy atom. The molecular formula is C17H23BrN2O2. The zero-order chi connectivity index (χ0) is 15.7. The molecule has 1 heterocycles. The van der Waals surface area contributed by atoms with Gasteiger partial charge in [0.25, 0.3) is 0 Å². The number of benzene rings is 1. The first-order valence-electron chi connectivity index (χ1n) is 7.89. The van der Waals surface area contributed by atoms with E-state index < -0.39 is 6.10 Å². The van der Waals surface area contributed by atoms with Crippen LogP contribution in [0.15, 0.2) is 28.7 Å². The monoisotopic (exact) mass is 366 g/mol. The number of aliphatic hydroxyl groups is 1. The van der Waals surface area contributed by atoms with E-state index in [-0.39, 0.29) is 17.2 Å². The Balaban J connectivity index is 1.62. The summed E-state index contributed by atoms with van der Waals surface area (Å²) in [5.41, 5.74) is 1.64. The van der Waals surface area contributed by atoms with E-state index >= 15 is 0 Å². The zero-order valence-corrected chi connectivity index (χ0v) is 14.5. The Kier molecular flexibility index (Phi) is 4.57. The number of carbonyl (C=O) groups is 1. The Bertz CT molecular complexity index is 542. The number of rotatable bonds is 5. The molecule has 4 nitrogen and oxygen atoms in total. The van der Waals surface area contributed by atoms with Crippen molar-refractivity contribution >= 4 is 21.8 Å². The third kappa shape index (κ3) is 3.36. The summed E-state index contributed by atoms with van der Waals surface area (Å²) in [7, 11) is 1.65. The van der Waals surface area contributed by atoms with Gasteiger partial charge >= 0.3 is 0 Å². The molecule has 120 valence electrons. The largest absolute Gasteiger partial charge is 0.391 e. The maximum atomic E-state index is 11.5. The van der Waals surface area contributed by atoms with E-state index in [1.807, 2.05) is 0 Å². The number of likely N-dealkylation sites (tertiary alicyclic amines) is 1. The van der Waals surface area contributed by atoms with Crippen LogP contribution in [0.4, 0.5) is 0 Å². The van der Waals surface area contributed by atoms with Gasteiger partial charge in [-0.1, -0.05) is 28.1 Å². The summed E-state index contributed by atoms with van der Waals surface area (Å²) < 4.78 is 1.11. The third-order valence-electron chi connectivity index (χ3n) is 5.04. The Morgan fingerprint density at radius 2 is 2.05 bits per heavy atom. The van der Waals surface area contributed by atoms with Gasteiger partial charge < -0.3 is 10.4 Å². The number of carbonyl (C=O) groups excluding carboxylic acids is 1. The summed E-state index contributed by atoms with van der Waals surface area (Å²) in [5.74, 6) is 0.0700. The van der Waals surface area contributed by atoms with E-state index in [4.69, 9.17) is 0 Å². The fourth-order valence-corrected chi connectivity index (χ4v) is 3.80. The topological polar surface area (TPSA) is 52.6 Å². The highest BCUT2D eigenvalue weighted by Gasteiger charge is 2.47. The number of nitrogens with one attached hydrogen (secondary N) is 1. The van der Waals surface area contributed by atoms with Crippen LogP contribution in [-0.4, -0.2) is 48.7 Å². The Labute approximate surface area is 140 Å². The lowest BCUT2D eigenvalue weighted by atomic mass is 9.95. The summed E-state index contributed by atoms with van der Waals surface area (Å²) >= 11 is 3.48. The van der Waals surface area contributed by atoms with Gasteiger partial charge in [0, 0.05) is 48.9 Å². The predicted molar refractivity (Wildman–Crippen MR) is 89.7 cm³/mol. The molecule has 0 radical (unpaired) electrons. The van der Waals surface area contributed by atoms with Crippen LogP contribution >= 0.6 is 15.9 Å². The van der Waals surface area contributed by atoms with E-state index in [9.17, 15) is 9.90 Å². The minimum absolute atomic E-state index is 0.0138. The standard InChI is InChI=1S/C17H23BrN2O2/c1-19-16(22)8-12-9-20(10-15(12)21)11-17(6-7-17)13-2-4-14(18)5-3-13/h2-5,12,15,21H,6-11H2,1H3,(H,19,22)/t12-,15-/m1/s1. The molecule has 1 aromatic carbocycles. The molecule has 0 bridgehead atoms. The van der Waals surface area contributed by atoms with Crippen molar-refractivity contribution in [3.05, 3.63) is 34.3 Å². The fourth-order valence-electron chi connectivity index (χ4n) is 3.53. The second-order valence-electron chi connectivity index (χ2n) is 6.69.